The highest BCUT2D eigenvalue weighted by Gasteiger charge is 2.29. The number of pyridine rings is 6. The number of nitrogens with zero attached hydrogens (tertiary/aromatic N) is 6. The van der Waals surface area contributed by atoms with Crippen molar-refractivity contribution in [3.8, 4) is 67.5 Å². The number of hydrogen-bond donors (Lipinski definition) is 0. The van der Waals surface area contributed by atoms with E-state index >= 15 is 0 Å². The molecule has 0 aliphatic carbocycles. The summed E-state index contributed by atoms with van der Waals surface area (Å²) in [5.41, 5.74) is 33.3. The summed E-state index contributed by atoms with van der Waals surface area (Å²) >= 11 is 0. The maximum Gasteiger partial charge on any atom is 0.216 e. The topological polar surface area (TPSA) is 102 Å². The van der Waals surface area contributed by atoms with Crippen molar-refractivity contribution in [1.29, 1.82) is 0 Å². The summed E-state index contributed by atoms with van der Waals surface area (Å²) in [7, 11) is 12.2. The maximum atomic E-state index is 14.1. The van der Waals surface area contributed by atoms with Crippen LogP contribution < -0.4 is 27.4 Å². The molecule has 0 fully saturated rings. The highest BCUT2D eigenvalue weighted by molar-refractivity contribution is 6.15. The lowest BCUT2D eigenvalue weighted by Gasteiger charge is -2.06. The minimum absolute atomic E-state index is 0.282. The molecule has 0 amide bonds. The first-order chi connectivity index (χ1) is 63.9. The van der Waals surface area contributed by atoms with Gasteiger partial charge in [0.2, 0.25) is 34.2 Å². The molecule has 0 radical (unpaired) electrons. The van der Waals surface area contributed by atoms with Gasteiger partial charge < -0.3 is 26.5 Å². The van der Waals surface area contributed by atoms with E-state index in [1.54, 1.807) is 18.2 Å². The van der Waals surface area contributed by atoms with Crippen molar-refractivity contribution in [2.75, 3.05) is 0 Å². The predicted molar refractivity (Wildman–Crippen MR) is 524 cm³/mol. The van der Waals surface area contributed by atoms with Crippen molar-refractivity contribution in [2.45, 2.75) is 62.3 Å². The van der Waals surface area contributed by atoms with Crippen LogP contribution in [-0.4, -0.2) is 0 Å². The molecular weight excluding hydrogens is 1640 g/mol. The van der Waals surface area contributed by atoms with Gasteiger partial charge >= 0.3 is 0 Å². The van der Waals surface area contributed by atoms with E-state index in [0.29, 0.717) is 16.7 Å². The standard InChI is InChI=1S/C20H17FNO.2C20H18NO.2C19H15FNO.C19H16NO/c1-12-9-10-22(3)17(11-12)18-13(2)7-8-15-14-5-4-6-16(21)19(14)23-20(15)18;1-13-8-11-17(21(3)12-13)19-14(2)9-10-16-15-6-4-5-7-18(15)22-20(16)19;1-13-10-11-21(3)17(12-13)19-14(2)8-9-16-15-6-4-5-7-18(15)22-20(16)19;1-12-9-10-14-13-6-5-7-15(20)18(13)22-19(14)17(12)16-8-3-4-11-21(16)2;1-12-6-8-15-14-9-7-13(20)11-17(14)22-19(15)18(12)16-5-3-4-10-21(16)2;1-13-10-11-15-14-7-3-4-9-17(14)21-19(15)18(13)16-8-5-6-12-20(16)2/h4-11H,1-3H3;2*4-12H,1-3H3;2*3-11H,1-2H3;3-12H,1-2H3/q6*+1. The van der Waals surface area contributed by atoms with Crippen molar-refractivity contribution in [2.24, 2.45) is 42.3 Å². The van der Waals surface area contributed by atoms with Gasteiger partial charge in [0.1, 0.15) is 104 Å². The van der Waals surface area contributed by atoms with Crippen molar-refractivity contribution in [3.05, 3.63) is 396 Å². The molecule has 0 saturated heterocycles. The minimum Gasteiger partial charge on any atom is -0.455 e. The summed E-state index contributed by atoms with van der Waals surface area (Å²) < 4.78 is 90.7. The van der Waals surface area contributed by atoms with E-state index in [2.05, 4.69) is 264 Å². The quantitative estimate of drug-likeness (QED) is 0.154. The lowest BCUT2D eigenvalue weighted by atomic mass is 10.00. The zero-order chi connectivity index (χ0) is 91.6. The van der Waals surface area contributed by atoms with Crippen LogP contribution in [0.25, 0.3) is 199 Å². The Hall–Kier alpha value is -15.9. The second-order valence-electron chi connectivity index (χ2n) is 34.5. The average Bonchev–Trinajstić information content (AvgIpc) is 1.62. The molecule has 0 N–H and O–H groups in total. The van der Waals surface area contributed by atoms with E-state index in [1.807, 2.05) is 154 Å². The highest BCUT2D eigenvalue weighted by Crippen LogP contribution is 2.45. The van der Waals surface area contributed by atoms with Crippen LogP contribution in [0.5, 0.6) is 0 Å². The fourth-order valence-electron chi connectivity index (χ4n) is 18.5. The molecule has 12 nitrogen and oxygen atoms in total. The number of hydrogen-bond acceptors (Lipinski definition) is 6. The van der Waals surface area contributed by atoms with E-state index in [4.69, 9.17) is 26.5 Å². The summed E-state index contributed by atoms with van der Waals surface area (Å²) in [4.78, 5) is 0. The Labute approximate surface area is 762 Å². The Morgan fingerprint density at radius 1 is 0.189 bits per heavy atom. The van der Waals surface area contributed by atoms with Crippen LogP contribution in [0.2, 0.25) is 0 Å². The third-order valence-electron chi connectivity index (χ3n) is 25.3. The molecule has 12 aromatic heterocycles. The molecular formula is C117H99F3N6O6+6. The zero-order valence-electron chi connectivity index (χ0n) is 76.4. The average molecular weight is 1740 g/mol. The Bertz CT molecular complexity index is 8680. The maximum absolute atomic E-state index is 14.1. The number of rotatable bonds is 6. The molecule has 0 unspecified atom stereocenters. The highest BCUT2D eigenvalue weighted by atomic mass is 19.1. The smallest absolute Gasteiger partial charge is 0.216 e. The summed E-state index contributed by atoms with van der Waals surface area (Å²) in [5, 5.41) is 12.5. The van der Waals surface area contributed by atoms with E-state index < -0.39 is 0 Å². The summed E-state index contributed by atoms with van der Waals surface area (Å²) in [6, 6.07) is 95.9. The van der Waals surface area contributed by atoms with Crippen LogP contribution >= 0.6 is 0 Å². The van der Waals surface area contributed by atoms with Gasteiger partial charge in [-0.3, -0.25) is 0 Å². The Morgan fingerprint density at radius 3 is 0.811 bits per heavy atom. The summed E-state index contributed by atoms with van der Waals surface area (Å²) in [6.45, 7) is 18.9. The van der Waals surface area contributed by atoms with Gasteiger partial charge in [-0.1, -0.05) is 152 Å². The van der Waals surface area contributed by atoms with Gasteiger partial charge in [0, 0.05) is 143 Å². The Kier molecular flexibility index (Phi) is 22.9. The normalized spacial score (nSPS) is 11.4. The monoisotopic (exact) mass is 1740 g/mol. The number of furan rings is 6. The van der Waals surface area contributed by atoms with Crippen LogP contribution in [0.1, 0.15) is 50.1 Å². The first kappa shape index (κ1) is 85.6. The molecule has 0 aliphatic rings. The van der Waals surface area contributed by atoms with Crippen LogP contribution in [0.3, 0.4) is 0 Å². The second-order valence-corrected chi connectivity index (χ2v) is 34.5. The molecule has 0 spiro atoms. The summed E-state index contributed by atoms with van der Waals surface area (Å²) in [6.07, 6.45) is 12.4. The van der Waals surface area contributed by atoms with Crippen LogP contribution in [-0.2, 0) is 42.3 Å². The van der Waals surface area contributed by atoms with Gasteiger partial charge in [0.25, 0.3) is 0 Å². The molecule has 0 aliphatic heterocycles. The second kappa shape index (κ2) is 35.3. The third kappa shape index (κ3) is 15.8. The third-order valence-corrected chi connectivity index (χ3v) is 25.3. The van der Waals surface area contributed by atoms with E-state index in [0.717, 1.165) is 133 Å². The Balaban J connectivity index is 0.000000102. The molecule has 12 heterocycles. The molecule has 12 aromatic carbocycles. The molecule has 132 heavy (non-hydrogen) atoms. The molecule has 0 saturated carbocycles. The molecule has 0 bridgehead atoms. The zero-order valence-corrected chi connectivity index (χ0v) is 76.4. The predicted octanol–water partition coefficient (Wildman–Crippen LogP) is 27.7. The summed E-state index contributed by atoms with van der Waals surface area (Å²) in [5.74, 6) is -0.930. The van der Waals surface area contributed by atoms with Gasteiger partial charge in [-0.15, -0.1) is 0 Å². The van der Waals surface area contributed by atoms with Gasteiger partial charge in [-0.25, -0.2) is 40.6 Å². The van der Waals surface area contributed by atoms with Crippen LogP contribution in [0, 0.1) is 79.8 Å². The van der Waals surface area contributed by atoms with Gasteiger partial charge in [-0.2, -0.15) is 0 Å². The number of para-hydroxylation sites is 5. The van der Waals surface area contributed by atoms with Crippen molar-refractivity contribution in [1.82, 2.24) is 0 Å². The van der Waals surface area contributed by atoms with Crippen LogP contribution in [0.4, 0.5) is 13.2 Å². The van der Waals surface area contributed by atoms with Gasteiger partial charge in [0.15, 0.2) is 60.0 Å². The Morgan fingerprint density at radius 2 is 0.462 bits per heavy atom. The lowest BCUT2D eigenvalue weighted by molar-refractivity contribution is -0.660. The van der Waals surface area contributed by atoms with Gasteiger partial charge in [0.05, 0.1) is 33.4 Å². The van der Waals surface area contributed by atoms with Crippen molar-refractivity contribution < 1.29 is 67.1 Å². The van der Waals surface area contributed by atoms with E-state index in [-0.39, 0.29) is 17.5 Å². The number of aryl methyl sites for hydroxylation is 15. The molecule has 648 valence electrons. The first-order valence-electron chi connectivity index (χ1n) is 44.2. The lowest BCUT2D eigenvalue weighted by Crippen LogP contribution is -2.31. The molecule has 24 aromatic rings. The number of halogens is 3. The minimum atomic E-state index is -0.324. The van der Waals surface area contributed by atoms with E-state index in [1.165, 1.54) is 124 Å². The number of fused-ring (bicyclic) bond motifs is 18. The fraction of sp³-hybridized carbons (Fsp3) is 0.128. The van der Waals surface area contributed by atoms with Gasteiger partial charge in [-0.05, 0) is 174 Å². The largest absolute Gasteiger partial charge is 0.455 e. The number of benzene rings is 12. The molecule has 0 atom stereocenters. The first-order valence-corrected chi connectivity index (χ1v) is 44.2. The van der Waals surface area contributed by atoms with Crippen LogP contribution in [0.15, 0.2) is 355 Å². The molecule has 24 rings (SSSR count). The number of aromatic nitrogens is 6. The van der Waals surface area contributed by atoms with E-state index in [9.17, 15) is 13.2 Å². The fourth-order valence-corrected chi connectivity index (χ4v) is 18.5. The van der Waals surface area contributed by atoms with Crippen molar-refractivity contribution >= 4 is 132 Å². The molecule has 15 heteroatoms. The SMILES string of the molecule is Cc1cc[n+](C)c(-c2c(C)ccc3c2oc2c(F)cccc23)c1.Cc1cc[n+](C)c(-c2c(C)ccc3c2oc2ccccc23)c1.Cc1ccc(-c2c(C)ccc3c2oc2ccccc23)[n+](C)c1.Cc1ccc2c(oc3c(F)cccc32)c1-c1cccc[n+]1C.Cc1ccc2c(oc3cc(F)ccc32)c1-c1cccc[n+]1C.Cc1ccc2c(oc3ccccc32)c1-c1cccc[n+]1C. The van der Waals surface area contributed by atoms with Crippen molar-refractivity contribution in [3.63, 3.8) is 0 Å².